The van der Waals surface area contributed by atoms with Crippen molar-refractivity contribution in [3.63, 3.8) is 0 Å². The number of esters is 1. The van der Waals surface area contributed by atoms with Gasteiger partial charge in [-0.2, -0.15) is 0 Å². The molecule has 1 unspecified atom stereocenters. The van der Waals surface area contributed by atoms with Crippen LogP contribution < -0.4 is 4.74 Å². The Morgan fingerprint density at radius 3 is 1.87 bits per heavy atom. The summed E-state index contributed by atoms with van der Waals surface area (Å²) in [4.78, 5) is 11.7. The SMILES string of the molecule is C=CC(=O)Oc1c(C)cc(C(c2cc(C)c(O)c(C)c2)c2ccc(C)cc2O)cc1C. The van der Waals surface area contributed by atoms with Crippen molar-refractivity contribution in [2.75, 3.05) is 0 Å². The van der Waals surface area contributed by atoms with Gasteiger partial charge in [0, 0.05) is 17.6 Å². The van der Waals surface area contributed by atoms with Crippen molar-refractivity contribution in [1.82, 2.24) is 0 Å². The summed E-state index contributed by atoms with van der Waals surface area (Å²) in [7, 11) is 0. The number of hydrogen-bond acceptors (Lipinski definition) is 4. The van der Waals surface area contributed by atoms with E-state index in [-0.39, 0.29) is 17.4 Å². The minimum absolute atomic E-state index is 0.214. The molecule has 1 atom stereocenters. The third-order valence-electron chi connectivity index (χ3n) is 5.53. The number of hydrogen-bond donors (Lipinski definition) is 2. The van der Waals surface area contributed by atoms with E-state index in [1.165, 1.54) is 0 Å². The zero-order valence-electron chi connectivity index (χ0n) is 18.6. The fraction of sp³-hybridized carbons (Fsp3) is 0.222. The molecule has 4 heteroatoms. The van der Waals surface area contributed by atoms with E-state index in [0.29, 0.717) is 5.75 Å². The molecule has 0 aliphatic rings. The van der Waals surface area contributed by atoms with E-state index in [4.69, 9.17) is 4.74 Å². The molecule has 0 aliphatic heterocycles. The van der Waals surface area contributed by atoms with Crippen LogP contribution in [0.15, 0.2) is 55.1 Å². The second-order valence-electron chi connectivity index (χ2n) is 8.11. The highest BCUT2D eigenvalue weighted by atomic mass is 16.5. The van der Waals surface area contributed by atoms with E-state index in [1.54, 1.807) is 6.07 Å². The van der Waals surface area contributed by atoms with Gasteiger partial charge in [0.2, 0.25) is 0 Å². The molecule has 0 heterocycles. The molecule has 0 aliphatic carbocycles. The van der Waals surface area contributed by atoms with Crippen LogP contribution in [0.5, 0.6) is 17.2 Å². The minimum atomic E-state index is -0.503. The van der Waals surface area contributed by atoms with E-state index < -0.39 is 5.97 Å². The number of carbonyl (C=O) groups excluding carboxylic acids is 1. The zero-order chi connectivity index (χ0) is 22.9. The first kappa shape index (κ1) is 22.2. The molecular formula is C27H28O4. The predicted molar refractivity (Wildman–Crippen MR) is 123 cm³/mol. The molecule has 160 valence electrons. The highest BCUT2D eigenvalue weighted by Crippen LogP contribution is 2.41. The number of phenols is 2. The molecule has 0 spiro atoms. The summed E-state index contributed by atoms with van der Waals surface area (Å²) < 4.78 is 5.43. The van der Waals surface area contributed by atoms with Crippen LogP contribution in [0.1, 0.15) is 50.4 Å². The maximum atomic E-state index is 11.7. The summed E-state index contributed by atoms with van der Waals surface area (Å²) in [5.74, 6) is 0.232. The van der Waals surface area contributed by atoms with Gasteiger partial charge >= 0.3 is 5.97 Å². The lowest BCUT2D eigenvalue weighted by Gasteiger charge is -2.23. The van der Waals surface area contributed by atoms with Crippen molar-refractivity contribution in [2.24, 2.45) is 0 Å². The number of benzene rings is 3. The van der Waals surface area contributed by atoms with Crippen LogP contribution in [0.2, 0.25) is 0 Å². The Bertz CT molecular complexity index is 1130. The van der Waals surface area contributed by atoms with Crippen molar-refractivity contribution < 1.29 is 19.7 Å². The van der Waals surface area contributed by atoms with Gasteiger partial charge in [0.25, 0.3) is 0 Å². The number of ether oxygens (including phenoxy) is 1. The smallest absolute Gasteiger partial charge is 0.335 e. The van der Waals surface area contributed by atoms with E-state index in [2.05, 4.69) is 6.58 Å². The van der Waals surface area contributed by atoms with Crippen molar-refractivity contribution in [3.05, 3.63) is 99.6 Å². The maximum absolute atomic E-state index is 11.7. The van der Waals surface area contributed by atoms with Crippen molar-refractivity contribution in [1.29, 1.82) is 0 Å². The summed E-state index contributed by atoms with van der Waals surface area (Å²) in [6, 6.07) is 13.5. The first-order valence-corrected chi connectivity index (χ1v) is 10.2. The Balaban J connectivity index is 2.24. The maximum Gasteiger partial charge on any atom is 0.335 e. The van der Waals surface area contributed by atoms with Crippen LogP contribution in [0.3, 0.4) is 0 Å². The van der Waals surface area contributed by atoms with Gasteiger partial charge in [-0.15, -0.1) is 0 Å². The fourth-order valence-corrected chi connectivity index (χ4v) is 4.06. The lowest BCUT2D eigenvalue weighted by Crippen LogP contribution is -2.09. The van der Waals surface area contributed by atoms with Gasteiger partial charge in [-0.1, -0.05) is 43.0 Å². The van der Waals surface area contributed by atoms with Gasteiger partial charge in [0.05, 0.1) is 0 Å². The molecule has 0 saturated carbocycles. The lowest BCUT2D eigenvalue weighted by atomic mass is 9.82. The van der Waals surface area contributed by atoms with Gasteiger partial charge in [-0.25, -0.2) is 4.79 Å². The molecule has 0 fully saturated rings. The summed E-state index contributed by atoms with van der Waals surface area (Å²) >= 11 is 0. The van der Waals surface area contributed by atoms with E-state index in [9.17, 15) is 15.0 Å². The molecule has 3 aromatic carbocycles. The number of phenolic OH excluding ortho intramolecular Hbond substituents is 2. The van der Waals surface area contributed by atoms with Crippen LogP contribution in [-0.4, -0.2) is 16.2 Å². The molecule has 3 aromatic rings. The molecule has 0 bridgehead atoms. The second kappa shape index (κ2) is 8.68. The molecular weight excluding hydrogens is 388 g/mol. The van der Waals surface area contributed by atoms with Gasteiger partial charge in [-0.05, 0) is 79.6 Å². The van der Waals surface area contributed by atoms with Gasteiger partial charge in [-0.3, -0.25) is 0 Å². The second-order valence-corrected chi connectivity index (χ2v) is 8.11. The first-order valence-electron chi connectivity index (χ1n) is 10.2. The molecule has 0 amide bonds. The number of aromatic hydroxyl groups is 2. The molecule has 2 N–H and O–H groups in total. The van der Waals surface area contributed by atoms with Crippen LogP contribution >= 0.6 is 0 Å². The zero-order valence-corrected chi connectivity index (χ0v) is 18.6. The Labute approximate surface area is 183 Å². The van der Waals surface area contributed by atoms with E-state index in [1.807, 2.05) is 71.0 Å². The van der Waals surface area contributed by atoms with Crippen LogP contribution in [-0.2, 0) is 4.79 Å². The Morgan fingerprint density at radius 2 is 1.39 bits per heavy atom. The Hall–Kier alpha value is -3.53. The number of carbonyl (C=O) groups is 1. The van der Waals surface area contributed by atoms with E-state index >= 15 is 0 Å². The topological polar surface area (TPSA) is 66.8 Å². The van der Waals surface area contributed by atoms with Crippen molar-refractivity contribution in [2.45, 2.75) is 40.5 Å². The summed E-state index contributed by atoms with van der Waals surface area (Å²) in [6.45, 7) is 12.9. The van der Waals surface area contributed by atoms with Gasteiger partial charge in [0.1, 0.15) is 17.2 Å². The molecule has 0 aromatic heterocycles. The number of aryl methyl sites for hydroxylation is 5. The number of rotatable bonds is 5. The Kier molecular flexibility index (Phi) is 6.21. The minimum Gasteiger partial charge on any atom is -0.508 e. The highest BCUT2D eigenvalue weighted by molar-refractivity contribution is 5.84. The normalized spacial score (nSPS) is 11.8. The van der Waals surface area contributed by atoms with Crippen LogP contribution in [0.4, 0.5) is 0 Å². The summed E-state index contributed by atoms with van der Waals surface area (Å²) in [6.07, 6.45) is 1.14. The lowest BCUT2D eigenvalue weighted by molar-refractivity contribution is -0.129. The average Bonchev–Trinajstić information content (AvgIpc) is 2.70. The summed E-state index contributed by atoms with van der Waals surface area (Å²) in [5, 5.41) is 21.1. The van der Waals surface area contributed by atoms with Crippen LogP contribution in [0.25, 0.3) is 0 Å². The fourth-order valence-electron chi connectivity index (χ4n) is 4.06. The van der Waals surface area contributed by atoms with Crippen molar-refractivity contribution in [3.8, 4) is 17.2 Å². The van der Waals surface area contributed by atoms with Crippen molar-refractivity contribution >= 4 is 5.97 Å². The van der Waals surface area contributed by atoms with Gasteiger partial charge < -0.3 is 14.9 Å². The summed E-state index contributed by atoms with van der Waals surface area (Å²) in [5.41, 5.74) is 6.83. The quantitative estimate of drug-likeness (QED) is 0.235. The van der Waals surface area contributed by atoms with E-state index in [0.717, 1.165) is 50.6 Å². The Morgan fingerprint density at radius 1 is 0.871 bits per heavy atom. The van der Waals surface area contributed by atoms with Crippen LogP contribution in [0, 0.1) is 34.6 Å². The monoisotopic (exact) mass is 416 g/mol. The molecule has 0 saturated heterocycles. The molecule has 0 radical (unpaired) electrons. The third-order valence-corrected chi connectivity index (χ3v) is 5.53. The van der Waals surface area contributed by atoms with Gasteiger partial charge in [0.15, 0.2) is 0 Å². The highest BCUT2D eigenvalue weighted by Gasteiger charge is 2.23. The predicted octanol–water partition coefficient (Wildman–Crippen LogP) is 5.91. The first-order chi connectivity index (χ1) is 14.6. The molecule has 3 rings (SSSR count). The standard InChI is InChI=1S/C27H28O4/c1-7-24(29)31-27-18(5)13-21(14-19(27)6)25(22-9-8-15(2)10-23(22)28)20-11-16(3)26(30)17(4)12-20/h7-14,25,28,30H,1H2,2-6H3. The largest absolute Gasteiger partial charge is 0.508 e. The molecule has 4 nitrogen and oxygen atoms in total. The third kappa shape index (κ3) is 4.48. The molecule has 31 heavy (non-hydrogen) atoms. The average molecular weight is 417 g/mol.